The summed E-state index contributed by atoms with van der Waals surface area (Å²) in [4.78, 5) is 45.8. The van der Waals surface area contributed by atoms with Gasteiger partial charge in [0.1, 0.15) is 22.9 Å². The van der Waals surface area contributed by atoms with Crippen LogP contribution in [0.25, 0.3) is 33.6 Å². The van der Waals surface area contributed by atoms with Crippen molar-refractivity contribution in [3.63, 3.8) is 0 Å². The molecular formula is C37H48N6O4Si. The SMILES string of the molecule is CC(C)(C)OC(=O)N1C[Si](C)(C)CC1c1ncc(-c2ccc(-c3ccc(-c4cnc([C@@H]5CCCN5C(=O)OC(C)(C)C)[nH]4)cc3)cc2)[nH]1. The Balaban J connectivity index is 1.13. The third-order valence-electron chi connectivity index (χ3n) is 8.78. The zero-order valence-electron chi connectivity index (χ0n) is 29.4. The van der Waals surface area contributed by atoms with Crippen LogP contribution in [0.3, 0.4) is 0 Å². The van der Waals surface area contributed by atoms with Crippen molar-refractivity contribution < 1.29 is 19.1 Å². The van der Waals surface area contributed by atoms with E-state index in [9.17, 15) is 9.59 Å². The highest BCUT2D eigenvalue weighted by Crippen LogP contribution is 2.38. The number of hydrogen-bond donors (Lipinski definition) is 2. The fourth-order valence-corrected chi connectivity index (χ4v) is 9.47. The van der Waals surface area contributed by atoms with Gasteiger partial charge >= 0.3 is 12.2 Å². The van der Waals surface area contributed by atoms with Crippen molar-refractivity contribution in [2.24, 2.45) is 0 Å². The predicted octanol–water partition coefficient (Wildman–Crippen LogP) is 8.75. The number of amides is 2. The fraction of sp³-hybridized carbons (Fsp3) is 0.459. The van der Waals surface area contributed by atoms with E-state index in [2.05, 4.69) is 76.6 Å². The van der Waals surface area contributed by atoms with Crippen molar-refractivity contribution >= 4 is 20.3 Å². The lowest BCUT2D eigenvalue weighted by Crippen LogP contribution is -2.39. The number of nitrogens with zero attached hydrogens (tertiary/aromatic N) is 4. The highest BCUT2D eigenvalue weighted by Gasteiger charge is 2.45. The molecule has 2 saturated heterocycles. The summed E-state index contributed by atoms with van der Waals surface area (Å²) in [5, 5.41) is 0. The molecule has 4 aromatic rings. The molecule has 2 aromatic carbocycles. The molecule has 2 aliphatic rings. The number of rotatable bonds is 5. The standard InChI is InChI=1S/C37H48N6O4Si/c1-36(2,3)46-34(44)42-19-9-10-30(42)32-38-20-28(40-32)26-15-11-24(12-16-26)25-13-17-27(18-14-25)29-21-39-33(41-29)31-22-48(7,8)23-43(31)35(45)47-37(4,5)6/h11-18,20-21,30-31H,9-10,19,22-23H2,1-8H3,(H,38,40)(H,39,41)/t30-,31?/m0/s1. The van der Waals surface area contributed by atoms with Crippen LogP contribution in [-0.2, 0) is 9.47 Å². The molecule has 2 atom stereocenters. The number of aromatic amines is 2. The first kappa shape index (κ1) is 33.5. The summed E-state index contributed by atoms with van der Waals surface area (Å²) >= 11 is 0. The number of ether oxygens (including phenoxy) is 2. The summed E-state index contributed by atoms with van der Waals surface area (Å²) in [6.45, 7) is 16.6. The Morgan fingerprint density at radius 3 is 1.62 bits per heavy atom. The van der Waals surface area contributed by atoms with Gasteiger partial charge in [0.05, 0.1) is 43.9 Å². The monoisotopic (exact) mass is 668 g/mol. The van der Waals surface area contributed by atoms with E-state index in [-0.39, 0.29) is 24.3 Å². The van der Waals surface area contributed by atoms with Gasteiger partial charge in [0.25, 0.3) is 0 Å². The Morgan fingerprint density at radius 2 is 1.15 bits per heavy atom. The van der Waals surface area contributed by atoms with Crippen LogP contribution in [-0.4, -0.2) is 73.9 Å². The molecule has 2 aromatic heterocycles. The minimum Gasteiger partial charge on any atom is -0.444 e. The molecule has 0 spiro atoms. The Labute approximate surface area is 284 Å². The molecule has 4 heterocycles. The van der Waals surface area contributed by atoms with Gasteiger partial charge in [-0.25, -0.2) is 19.6 Å². The number of hydrogen-bond acceptors (Lipinski definition) is 6. The number of carbonyl (C=O) groups excluding carboxylic acids is 2. The Hall–Kier alpha value is -4.38. The molecule has 48 heavy (non-hydrogen) atoms. The number of imidazole rings is 2. The van der Waals surface area contributed by atoms with Gasteiger partial charge in [-0.05, 0) is 82.7 Å². The van der Waals surface area contributed by atoms with Gasteiger partial charge < -0.3 is 24.3 Å². The van der Waals surface area contributed by atoms with E-state index in [4.69, 9.17) is 14.5 Å². The average molecular weight is 669 g/mol. The van der Waals surface area contributed by atoms with E-state index in [1.807, 2.05) is 58.8 Å². The van der Waals surface area contributed by atoms with Crippen LogP contribution in [0.2, 0.25) is 19.1 Å². The van der Waals surface area contributed by atoms with Crippen LogP contribution in [0.5, 0.6) is 0 Å². The summed E-state index contributed by atoms with van der Waals surface area (Å²) < 4.78 is 11.4. The summed E-state index contributed by atoms with van der Waals surface area (Å²) in [5.74, 6) is 1.59. The molecule has 1 unspecified atom stereocenters. The maximum absolute atomic E-state index is 13.1. The number of aromatic nitrogens is 4. The van der Waals surface area contributed by atoms with Crippen molar-refractivity contribution in [2.45, 2.75) is 96.8 Å². The van der Waals surface area contributed by atoms with E-state index in [1.165, 1.54) is 0 Å². The lowest BCUT2D eigenvalue weighted by atomic mass is 10.0. The highest BCUT2D eigenvalue weighted by molar-refractivity contribution is 6.78. The van der Waals surface area contributed by atoms with Gasteiger partial charge in [0.2, 0.25) is 0 Å². The Morgan fingerprint density at radius 1 is 0.708 bits per heavy atom. The molecular weight excluding hydrogens is 621 g/mol. The van der Waals surface area contributed by atoms with Gasteiger partial charge in [-0.15, -0.1) is 0 Å². The third kappa shape index (κ3) is 7.51. The van der Waals surface area contributed by atoms with Gasteiger partial charge in [0.15, 0.2) is 0 Å². The highest BCUT2D eigenvalue weighted by atomic mass is 28.3. The molecule has 0 bridgehead atoms. The van der Waals surface area contributed by atoms with Gasteiger partial charge in [-0.1, -0.05) is 61.6 Å². The van der Waals surface area contributed by atoms with E-state index >= 15 is 0 Å². The molecule has 6 rings (SSSR count). The van der Waals surface area contributed by atoms with Crippen molar-refractivity contribution in [3.05, 3.63) is 72.6 Å². The second-order valence-corrected chi connectivity index (χ2v) is 20.9. The Bertz CT molecular complexity index is 1760. The smallest absolute Gasteiger partial charge is 0.410 e. The lowest BCUT2D eigenvalue weighted by molar-refractivity contribution is 0.0212. The van der Waals surface area contributed by atoms with Gasteiger partial charge in [0, 0.05) is 12.7 Å². The minimum atomic E-state index is -1.61. The van der Waals surface area contributed by atoms with Crippen molar-refractivity contribution in [1.29, 1.82) is 0 Å². The maximum atomic E-state index is 13.1. The third-order valence-corrected chi connectivity index (χ3v) is 11.5. The number of benzene rings is 2. The topological polar surface area (TPSA) is 116 Å². The molecule has 2 aliphatic heterocycles. The molecule has 2 amide bonds. The average Bonchev–Trinajstić information content (AvgIpc) is 3.81. The van der Waals surface area contributed by atoms with Crippen molar-refractivity contribution in [2.75, 3.05) is 12.7 Å². The largest absolute Gasteiger partial charge is 0.444 e. The van der Waals surface area contributed by atoms with E-state index in [1.54, 1.807) is 4.90 Å². The molecule has 254 valence electrons. The number of carbonyl (C=O) groups is 2. The first-order chi connectivity index (χ1) is 22.6. The number of nitrogens with one attached hydrogen (secondary N) is 2. The van der Waals surface area contributed by atoms with Gasteiger partial charge in [-0.3, -0.25) is 4.90 Å². The molecule has 2 fully saturated rings. The first-order valence-corrected chi connectivity index (χ1v) is 20.3. The summed E-state index contributed by atoms with van der Waals surface area (Å²) in [7, 11) is -1.61. The number of H-pyrrole nitrogens is 2. The molecule has 11 heteroatoms. The molecule has 0 radical (unpaired) electrons. The van der Waals surface area contributed by atoms with Crippen LogP contribution < -0.4 is 0 Å². The van der Waals surface area contributed by atoms with E-state index < -0.39 is 19.3 Å². The number of likely N-dealkylation sites (tertiary alicyclic amines) is 1. The minimum absolute atomic E-state index is 0.110. The predicted molar refractivity (Wildman–Crippen MR) is 190 cm³/mol. The Kier molecular flexibility index (Phi) is 8.78. The second-order valence-electron chi connectivity index (χ2n) is 15.8. The first-order valence-electron chi connectivity index (χ1n) is 16.9. The van der Waals surface area contributed by atoms with Gasteiger partial charge in [-0.2, -0.15) is 0 Å². The molecule has 10 nitrogen and oxygen atoms in total. The molecule has 0 saturated carbocycles. The van der Waals surface area contributed by atoms with E-state index in [0.29, 0.717) is 6.54 Å². The van der Waals surface area contributed by atoms with Crippen LogP contribution in [0, 0.1) is 0 Å². The lowest BCUT2D eigenvalue weighted by Gasteiger charge is -2.28. The molecule has 2 N–H and O–H groups in total. The fourth-order valence-electron chi connectivity index (χ4n) is 6.61. The van der Waals surface area contributed by atoms with Crippen LogP contribution in [0.1, 0.15) is 78.1 Å². The van der Waals surface area contributed by atoms with Crippen molar-refractivity contribution in [3.8, 4) is 33.6 Å². The molecule has 0 aliphatic carbocycles. The zero-order valence-corrected chi connectivity index (χ0v) is 30.4. The normalized spacial score (nSPS) is 19.5. The van der Waals surface area contributed by atoms with Crippen LogP contribution in [0.4, 0.5) is 9.59 Å². The van der Waals surface area contributed by atoms with Crippen LogP contribution in [0.15, 0.2) is 60.9 Å². The summed E-state index contributed by atoms with van der Waals surface area (Å²) in [5.41, 5.74) is 5.02. The summed E-state index contributed by atoms with van der Waals surface area (Å²) in [6.07, 6.45) is 5.65. The quantitative estimate of drug-likeness (QED) is 0.206. The summed E-state index contributed by atoms with van der Waals surface area (Å²) in [6, 6.07) is 17.5. The zero-order chi connectivity index (χ0) is 34.4. The van der Waals surface area contributed by atoms with Crippen molar-refractivity contribution in [1.82, 2.24) is 29.7 Å². The van der Waals surface area contributed by atoms with E-state index in [0.717, 1.165) is 70.3 Å². The second kappa shape index (κ2) is 12.6. The maximum Gasteiger partial charge on any atom is 0.410 e. The van der Waals surface area contributed by atoms with Crippen LogP contribution >= 0.6 is 0 Å².